The third-order valence-corrected chi connectivity index (χ3v) is 1.86. The first kappa shape index (κ1) is 10.3. The van der Waals surface area contributed by atoms with Crippen molar-refractivity contribution in [3.8, 4) is 11.4 Å². The van der Waals surface area contributed by atoms with E-state index >= 15 is 0 Å². The highest BCUT2D eigenvalue weighted by Crippen LogP contribution is 2.13. The predicted octanol–water partition coefficient (Wildman–Crippen LogP) is 1.45. The number of aromatic nitrogens is 4. The van der Waals surface area contributed by atoms with Crippen LogP contribution in [0.3, 0.4) is 0 Å². The highest BCUT2D eigenvalue weighted by molar-refractivity contribution is 5.77. The van der Waals surface area contributed by atoms with Crippen LogP contribution in [0.2, 0.25) is 0 Å². The van der Waals surface area contributed by atoms with Gasteiger partial charge in [0.1, 0.15) is 5.78 Å². The van der Waals surface area contributed by atoms with Crippen molar-refractivity contribution in [3.05, 3.63) is 24.4 Å². The first-order valence-electron chi connectivity index (χ1n) is 4.74. The molecule has 0 bridgehead atoms. The van der Waals surface area contributed by atoms with Gasteiger partial charge in [-0.15, -0.1) is 0 Å². The van der Waals surface area contributed by atoms with Gasteiger partial charge in [0.05, 0.1) is 11.8 Å². The fourth-order valence-corrected chi connectivity index (χ4v) is 1.12. The maximum Gasteiger partial charge on any atom is 0.250 e. The summed E-state index contributed by atoms with van der Waals surface area (Å²) >= 11 is 0. The first-order chi connectivity index (χ1) is 7.75. The standard InChI is InChI=1S/C10H10N4O2/c1-7(15)3-2-4-9-13-10(14-16-9)8-5-11-12-6-8/h2,4-6H,3H2,1H3,(H,11,12)/b4-2+. The molecule has 82 valence electrons. The van der Waals surface area contributed by atoms with Gasteiger partial charge in [-0.2, -0.15) is 10.1 Å². The van der Waals surface area contributed by atoms with E-state index in [9.17, 15) is 4.79 Å². The lowest BCUT2D eigenvalue weighted by Crippen LogP contribution is -1.83. The van der Waals surface area contributed by atoms with Gasteiger partial charge >= 0.3 is 0 Å². The van der Waals surface area contributed by atoms with E-state index in [1.54, 1.807) is 24.5 Å². The number of hydrogen-bond donors (Lipinski definition) is 1. The summed E-state index contributed by atoms with van der Waals surface area (Å²) in [5.74, 6) is 0.930. The molecule has 0 aromatic carbocycles. The van der Waals surface area contributed by atoms with Crippen LogP contribution in [0.25, 0.3) is 17.5 Å². The Morgan fingerprint density at radius 3 is 3.19 bits per heavy atom. The van der Waals surface area contributed by atoms with E-state index in [1.165, 1.54) is 6.92 Å². The van der Waals surface area contributed by atoms with E-state index in [2.05, 4.69) is 20.3 Å². The number of H-pyrrole nitrogens is 1. The summed E-state index contributed by atoms with van der Waals surface area (Å²) in [6, 6.07) is 0. The van der Waals surface area contributed by atoms with Crippen LogP contribution in [-0.4, -0.2) is 26.1 Å². The Morgan fingerprint density at radius 2 is 2.50 bits per heavy atom. The lowest BCUT2D eigenvalue weighted by atomic mass is 10.3. The summed E-state index contributed by atoms with van der Waals surface area (Å²) in [6.07, 6.45) is 6.96. The van der Waals surface area contributed by atoms with Crippen LogP contribution in [0.15, 0.2) is 23.0 Å². The second kappa shape index (κ2) is 4.52. The zero-order chi connectivity index (χ0) is 11.4. The molecule has 0 atom stereocenters. The number of allylic oxidation sites excluding steroid dienone is 1. The second-order valence-corrected chi connectivity index (χ2v) is 3.25. The number of ketones is 1. The van der Waals surface area contributed by atoms with Crippen molar-refractivity contribution in [2.45, 2.75) is 13.3 Å². The highest BCUT2D eigenvalue weighted by atomic mass is 16.5. The van der Waals surface area contributed by atoms with E-state index < -0.39 is 0 Å². The molecule has 2 aromatic heterocycles. The van der Waals surface area contributed by atoms with Gasteiger partial charge in [-0.3, -0.25) is 9.89 Å². The molecule has 0 aliphatic carbocycles. The molecule has 0 saturated carbocycles. The average Bonchev–Trinajstić information content (AvgIpc) is 2.85. The number of carbonyl (C=O) groups is 1. The Morgan fingerprint density at radius 1 is 1.62 bits per heavy atom. The molecular weight excluding hydrogens is 208 g/mol. The summed E-state index contributed by atoms with van der Waals surface area (Å²) in [6.45, 7) is 1.52. The monoisotopic (exact) mass is 218 g/mol. The molecule has 2 heterocycles. The molecule has 0 aliphatic rings. The summed E-state index contributed by atoms with van der Waals surface area (Å²) < 4.78 is 4.97. The van der Waals surface area contributed by atoms with E-state index in [-0.39, 0.29) is 5.78 Å². The molecule has 0 spiro atoms. The number of carbonyl (C=O) groups excluding carboxylic acids is 1. The normalized spacial score (nSPS) is 11.1. The zero-order valence-corrected chi connectivity index (χ0v) is 8.67. The van der Waals surface area contributed by atoms with Gasteiger partial charge in [-0.1, -0.05) is 11.2 Å². The molecule has 0 fully saturated rings. The number of hydrogen-bond acceptors (Lipinski definition) is 5. The van der Waals surface area contributed by atoms with E-state index in [1.807, 2.05) is 0 Å². The Hall–Kier alpha value is -2.24. The number of aromatic amines is 1. The van der Waals surface area contributed by atoms with Crippen molar-refractivity contribution >= 4 is 11.9 Å². The van der Waals surface area contributed by atoms with Gasteiger partial charge in [0.25, 0.3) is 5.89 Å². The fraction of sp³-hybridized carbons (Fsp3) is 0.200. The summed E-state index contributed by atoms with van der Waals surface area (Å²) in [5, 5.41) is 10.2. The van der Waals surface area contributed by atoms with Crippen LogP contribution >= 0.6 is 0 Å². The fourth-order valence-electron chi connectivity index (χ4n) is 1.12. The van der Waals surface area contributed by atoms with Gasteiger partial charge in [0.2, 0.25) is 5.82 Å². The topological polar surface area (TPSA) is 84.7 Å². The van der Waals surface area contributed by atoms with Gasteiger partial charge < -0.3 is 4.52 Å². The molecule has 2 rings (SSSR count). The second-order valence-electron chi connectivity index (χ2n) is 3.25. The van der Waals surface area contributed by atoms with Crippen LogP contribution in [0.5, 0.6) is 0 Å². The molecule has 0 aliphatic heterocycles. The zero-order valence-electron chi connectivity index (χ0n) is 8.67. The Labute approximate surface area is 91.4 Å². The van der Waals surface area contributed by atoms with Crippen LogP contribution in [0.4, 0.5) is 0 Å². The Balaban J connectivity index is 2.08. The van der Waals surface area contributed by atoms with Crippen molar-refractivity contribution in [1.29, 1.82) is 0 Å². The van der Waals surface area contributed by atoms with Crippen LogP contribution < -0.4 is 0 Å². The summed E-state index contributed by atoms with van der Waals surface area (Å²) in [7, 11) is 0. The molecule has 16 heavy (non-hydrogen) atoms. The van der Waals surface area contributed by atoms with Gasteiger partial charge in [-0.25, -0.2) is 0 Å². The number of rotatable bonds is 4. The molecule has 0 unspecified atom stereocenters. The maximum atomic E-state index is 10.7. The molecule has 0 saturated heterocycles. The van der Waals surface area contributed by atoms with Crippen LogP contribution in [-0.2, 0) is 4.79 Å². The molecule has 6 heteroatoms. The number of Topliss-reactive ketones (excluding diaryl/α,β-unsaturated/α-hetero) is 1. The van der Waals surface area contributed by atoms with Crippen molar-refractivity contribution in [1.82, 2.24) is 20.3 Å². The minimum Gasteiger partial charge on any atom is -0.334 e. The van der Waals surface area contributed by atoms with Crippen LogP contribution in [0, 0.1) is 0 Å². The predicted molar refractivity (Wildman–Crippen MR) is 56.2 cm³/mol. The van der Waals surface area contributed by atoms with Crippen molar-refractivity contribution in [2.75, 3.05) is 0 Å². The lowest BCUT2D eigenvalue weighted by molar-refractivity contribution is -0.116. The Kier molecular flexibility index (Phi) is 2.90. The van der Waals surface area contributed by atoms with E-state index in [0.717, 1.165) is 5.56 Å². The lowest BCUT2D eigenvalue weighted by Gasteiger charge is -1.82. The largest absolute Gasteiger partial charge is 0.334 e. The first-order valence-corrected chi connectivity index (χ1v) is 4.74. The molecule has 0 radical (unpaired) electrons. The number of nitrogens with one attached hydrogen (secondary N) is 1. The molecule has 6 nitrogen and oxygen atoms in total. The third kappa shape index (κ3) is 2.41. The van der Waals surface area contributed by atoms with Crippen molar-refractivity contribution in [2.24, 2.45) is 0 Å². The minimum atomic E-state index is 0.0887. The van der Waals surface area contributed by atoms with Crippen LogP contribution in [0.1, 0.15) is 19.2 Å². The highest BCUT2D eigenvalue weighted by Gasteiger charge is 2.06. The molecule has 1 N–H and O–H groups in total. The van der Waals surface area contributed by atoms with Crippen molar-refractivity contribution in [3.63, 3.8) is 0 Å². The van der Waals surface area contributed by atoms with Crippen molar-refractivity contribution < 1.29 is 9.32 Å². The van der Waals surface area contributed by atoms with E-state index in [0.29, 0.717) is 18.1 Å². The van der Waals surface area contributed by atoms with E-state index in [4.69, 9.17) is 4.52 Å². The summed E-state index contributed by atoms with van der Waals surface area (Å²) in [4.78, 5) is 14.8. The number of nitrogens with zero attached hydrogens (tertiary/aromatic N) is 3. The SMILES string of the molecule is CC(=O)C/C=C/c1nc(-c2cn[nH]c2)no1. The smallest absolute Gasteiger partial charge is 0.250 e. The Bertz CT molecular complexity index is 499. The average molecular weight is 218 g/mol. The molecule has 2 aromatic rings. The minimum absolute atomic E-state index is 0.0887. The quantitative estimate of drug-likeness (QED) is 0.839. The van der Waals surface area contributed by atoms with Gasteiger partial charge in [0, 0.05) is 12.6 Å². The maximum absolute atomic E-state index is 10.7. The molecule has 0 amide bonds. The summed E-state index contributed by atoms with van der Waals surface area (Å²) in [5.41, 5.74) is 0.759. The van der Waals surface area contributed by atoms with Gasteiger partial charge in [0.15, 0.2) is 0 Å². The molecular formula is C10H10N4O2. The van der Waals surface area contributed by atoms with Gasteiger partial charge in [-0.05, 0) is 13.0 Å². The third-order valence-electron chi connectivity index (χ3n) is 1.86.